The van der Waals surface area contributed by atoms with Gasteiger partial charge in [-0.2, -0.15) is 0 Å². The van der Waals surface area contributed by atoms with Crippen LogP contribution in [0.4, 0.5) is 0 Å². The third kappa shape index (κ3) is 9.58. The van der Waals surface area contributed by atoms with Crippen LogP contribution in [0.3, 0.4) is 0 Å². The SMILES string of the molecule is CCCC1(CCC(=O)CCCCC#C[Si](C)(C)C)COC(C)(C)OC1. The van der Waals surface area contributed by atoms with Crippen LogP contribution in [0, 0.1) is 16.9 Å². The van der Waals surface area contributed by atoms with E-state index in [9.17, 15) is 4.79 Å². The van der Waals surface area contributed by atoms with E-state index in [1.54, 1.807) is 0 Å². The van der Waals surface area contributed by atoms with Gasteiger partial charge in [0.15, 0.2) is 5.79 Å². The van der Waals surface area contributed by atoms with Crippen molar-refractivity contribution in [3.05, 3.63) is 0 Å². The molecule has 0 aromatic heterocycles. The van der Waals surface area contributed by atoms with Crippen LogP contribution in [0.2, 0.25) is 19.6 Å². The van der Waals surface area contributed by atoms with Crippen molar-refractivity contribution in [2.24, 2.45) is 5.41 Å². The summed E-state index contributed by atoms with van der Waals surface area (Å²) in [7, 11) is -1.25. The van der Waals surface area contributed by atoms with Crippen LogP contribution in [-0.2, 0) is 14.3 Å². The van der Waals surface area contributed by atoms with E-state index >= 15 is 0 Å². The molecule has 25 heavy (non-hydrogen) atoms. The number of hydrogen-bond acceptors (Lipinski definition) is 3. The van der Waals surface area contributed by atoms with Crippen LogP contribution in [0.1, 0.15) is 72.1 Å². The van der Waals surface area contributed by atoms with E-state index in [1.165, 1.54) is 0 Å². The highest BCUT2D eigenvalue weighted by Gasteiger charge is 2.39. The Morgan fingerprint density at radius 3 is 2.24 bits per heavy atom. The van der Waals surface area contributed by atoms with Gasteiger partial charge in [-0.3, -0.25) is 4.79 Å². The van der Waals surface area contributed by atoms with Gasteiger partial charge >= 0.3 is 0 Å². The van der Waals surface area contributed by atoms with Crippen LogP contribution in [0.5, 0.6) is 0 Å². The van der Waals surface area contributed by atoms with E-state index in [2.05, 4.69) is 38.0 Å². The molecule has 0 radical (unpaired) electrons. The fourth-order valence-electron chi connectivity index (χ4n) is 3.07. The van der Waals surface area contributed by atoms with E-state index in [1.807, 2.05) is 13.8 Å². The third-order valence-corrected chi connectivity index (χ3v) is 5.56. The molecule has 4 heteroatoms. The molecule has 1 saturated heterocycles. The van der Waals surface area contributed by atoms with Crippen molar-refractivity contribution in [1.82, 2.24) is 0 Å². The summed E-state index contributed by atoms with van der Waals surface area (Å²) >= 11 is 0. The minimum absolute atomic E-state index is 0.0166. The number of carbonyl (C=O) groups excluding carboxylic acids is 1. The Bertz CT molecular complexity index is 470. The number of ether oxygens (including phenoxy) is 2. The maximum atomic E-state index is 12.2. The van der Waals surface area contributed by atoms with Crippen LogP contribution >= 0.6 is 0 Å². The van der Waals surface area contributed by atoms with Gasteiger partial charge in [-0.25, -0.2) is 0 Å². The Morgan fingerprint density at radius 2 is 1.68 bits per heavy atom. The lowest BCUT2D eigenvalue weighted by atomic mass is 9.79. The summed E-state index contributed by atoms with van der Waals surface area (Å²) in [5.41, 5.74) is 3.40. The van der Waals surface area contributed by atoms with Gasteiger partial charge in [0.1, 0.15) is 13.9 Å². The molecule has 1 aliphatic rings. The molecule has 144 valence electrons. The number of rotatable bonds is 9. The number of ketones is 1. The zero-order chi connectivity index (χ0) is 19.0. The monoisotopic (exact) mass is 366 g/mol. The topological polar surface area (TPSA) is 35.5 Å². The average molecular weight is 367 g/mol. The summed E-state index contributed by atoms with van der Waals surface area (Å²) in [6.45, 7) is 14.3. The molecule has 0 bridgehead atoms. The Morgan fingerprint density at radius 1 is 1.04 bits per heavy atom. The van der Waals surface area contributed by atoms with Crippen LogP contribution < -0.4 is 0 Å². The quantitative estimate of drug-likeness (QED) is 0.314. The van der Waals surface area contributed by atoms with Gasteiger partial charge in [-0.05, 0) is 39.5 Å². The van der Waals surface area contributed by atoms with E-state index in [4.69, 9.17) is 9.47 Å². The summed E-state index contributed by atoms with van der Waals surface area (Å²) in [4.78, 5) is 12.2. The highest BCUT2D eigenvalue weighted by molar-refractivity contribution is 6.83. The summed E-state index contributed by atoms with van der Waals surface area (Å²) in [5, 5.41) is 0. The first kappa shape index (κ1) is 22.4. The molecule has 0 N–H and O–H groups in total. The van der Waals surface area contributed by atoms with Gasteiger partial charge in [0.2, 0.25) is 0 Å². The summed E-state index contributed by atoms with van der Waals surface area (Å²) in [6, 6.07) is 0. The molecule has 1 rings (SSSR count). The molecule has 0 aromatic rings. The second-order valence-corrected chi connectivity index (χ2v) is 13.8. The Balaban J connectivity index is 2.30. The van der Waals surface area contributed by atoms with Crippen molar-refractivity contribution in [2.45, 2.75) is 97.6 Å². The zero-order valence-corrected chi connectivity index (χ0v) is 18.3. The molecule has 0 saturated carbocycles. The number of hydrogen-bond donors (Lipinski definition) is 0. The largest absolute Gasteiger partial charge is 0.350 e. The van der Waals surface area contributed by atoms with Gasteiger partial charge in [-0.1, -0.05) is 33.0 Å². The average Bonchev–Trinajstić information content (AvgIpc) is 2.51. The van der Waals surface area contributed by atoms with Gasteiger partial charge in [-0.15, -0.1) is 11.5 Å². The molecule has 0 atom stereocenters. The van der Waals surface area contributed by atoms with Gasteiger partial charge in [0.05, 0.1) is 13.2 Å². The maximum absolute atomic E-state index is 12.2. The predicted octanol–water partition coefficient (Wildman–Crippen LogP) is 5.35. The lowest BCUT2D eigenvalue weighted by molar-refractivity contribution is -0.287. The lowest BCUT2D eigenvalue weighted by Crippen LogP contribution is -2.46. The minimum Gasteiger partial charge on any atom is -0.350 e. The molecule has 1 aliphatic heterocycles. The Labute approximate surface area is 156 Å². The Hall–Kier alpha value is -0.633. The molecule has 0 aromatic carbocycles. The number of carbonyl (C=O) groups is 1. The molecule has 0 aliphatic carbocycles. The zero-order valence-electron chi connectivity index (χ0n) is 17.3. The fraction of sp³-hybridized carbons (Fsp3) is 0.857. The summed E-state index contributed by atoms with van der Waals surface area (Å²) in [5.74, 6) is 3.17. The molecular weight excluding hydrogens is 328 g/mol. The standard InChI is InChI=1S/C21H38O3Si/c1-7-14-21(17-23-20(2,3)24-18-21)15-13-19(22)12-10-8-9-11-16-25(4,5)6/h7-10,12-15,17-18H2,1-6H3. The van der Waals surface area contributed by atoms with E-state index < -0.39 is 13.9 Å². The molecule has 3 nitrogen and oxygen atoms in total. The van der Waals surface area contributed by atoms with Gasteiger partial charge in [0.25, 0.3) is 0 Å². The maximum Gasteiger partial charge on any atom is 0.162 e. The predicted molar refractivity (Wildman–Crippen MR) is 107 cm³/mol. The van der Waals surface area contributed by atoms with Gasteiger partial charge < -0.3 is 9.47 Å². The van der Waals surface area contributed by atoms with Crippen molar-refractivity contribution in [1.29, 1.82) is 0 Å². The number of Topliss-reactive ketones (excluding diaryl/α,β-unsaturated/α-hetero) is 1. The van der Waals surface area contributed by atoms with E-state index in [0.717, 1.165) is 38.5 Å². The molecule has 0 unspecified atom stereocenters. The van der Waals surface area contributed by atoms with Crippen molar-refractivity contribution in [2.75, 3.05) is 13.2 Å². The normalized spacial score (nSPS) is 19.1. The van der Waals surface area contributed by atoms with Crippen molar-refractivity contribution < 1.29 is 14.3 Å². The van der Waals surface area contributed by atoms with E-state index in [0.29, 0.717) is 31.8 Å². The number of unbranched alkanes of at least 4 members (excludes halogenated alkanes) is 2. The van der Waals surface area contributed by atoms with Crippen molar-refractivity contribution in [3.8, 4) is 11.5 Å². The first-order valence-corrected chi connectivity index (χ1v) is 13.4. The summed E-state index contributed by atoms with van der Waals surface area (Å²) in [6.07, 6.45) is 7.28. The smallest absolute Gasteiger partial charge is 0.162 e. The van der Waals surface area contributed by atoms with Crippen LogP contribution in [0.25, 0.3) is 0 Å². The summed E-state index contributed by atoms with van der Waals surface area (Å²) < 4.78 is 11.7. The third-order valence-electron chi connectivity index (χ3n) is 4.64. The first-order valence-electron chi connectivity index (χ1n) is 9.87. The van der Waals surface area contributed by atoms with Crippen LogP contribution in [0.15, 0.2) is 0 Å². The second kappa shape index (κ2) is 9.90. The van der Waals surface area contributed by atoms with E-state index in [-0.39, 0.29) is 5.41 Å². The van der Waals surface area contributed by atoms with Gasteiger partial charge in [0, 0.05) is 24.7 Å². The lowest BCUT2D eigenvalue weighted by Gasteiger charge is -2.43. The first-order chi connectivity index (χ1) is 11.6. The van der Waals surface area contributed by atoms with Crippen molar-refractivity contribution >= 4 is 13.9 Å². The highest BCUT2D eigenvalue weighted by atomic mass is 28.3. The van der Waals surface area contributed by atoms with Crippen molar-refractivity contribution in [3.63, 3.8) is 0 Å². The Kier molecular flexibility index (Phi) is 8.87. The second-order valence-electron chi connectivity index (χ2n) is 9.02. The minimum atomic E-state index is -1.25. The molecule has 1 heterocycles. The highest BCUT2D eigenvalue weighted by Crippen LogP contribution is 2.37. The molecule has 0 spiro atoms. The molecule has 1 fully saturated rings. The molecular formula is C21H38O3Si. The molecule has 0 amide bonds. The van der Waals surface area contributed by atoms with Crippen LogP contribution in [-0.4, -0.2) is 32.9 Å². The fourth-order valence-corrected chi connectivity index (χ4v) is 3.73.